The lowest BCUT2D eigenvalue weighted by Crippen LogP contribution is -2.43. The van der Waals surface area contributed by atoms with Crippen molar-refractivity contribution in [2.45, 2.75) is 46.3 Å². The van der Waals surface area contributed by atoms with Crippen LogP contribution in [0.15, 0.2) is 0 Å². The largest absolute Gasteiger partial charge is 0.462 e. The molecule has 15 heavy (non-hydrogen) atoms. The van der Waals surface area contributed by atoms with Gasteiger partial charge in [0.2, 0.25) is 0 Å². The summed E-state index contributed by atoms with van der Waals surface area (Å²) in [6, 6.07) is 0. The third kappa shape index (κ3) is 5.93. The van der Waals surface area contributed by atoms with Crippen LogP contribution in [0.2, 0.25) is 0 Å². The van der Waals surface area contributed by atoms with Gasteiger partial charge in [-0.05, 0) is 34.6 Å². The van der Waals surface area contributed by atoms with E-state index in [2.05, 4.69) is 0 Å². The van der Waals surface area contributed by atoms with E-state index in [-0.39, 0.29) is 29.2 Å². The third-order valence-corrected chi connectivity index (χ3v) is 1.70. The van der Waals surface area contributed by atoms with E-state index in [0.717, 1.165) is 0 Å². The molecule has 88 valence electrons. The molecule has 0 spiro atoms. The molecule has 5 heteroatoms. The maximum absolute atomic E-state index is 11.4. The summed E-state index contributed by atoms with van der Waals surface area (Å²) >= 11 is 0. The summed E-state index contributed by atoms with van der Waals surface area (Å²) in [4.78, 5) is 22.6. The fourth-order valence-corrected chi connectivity index (χ4v) is 1.25. The van der Waals surface area contributed by atoms with E-state index >= 15 is 0 Å². The fourth-order valence-electron chi connectivity index (χ4n) is 1.25. The molecule has 0 aliphatic carbocycles. The minimum atomic E-state index is -1.38. The van der Waals surface area contributed by atoms with Gasteiger partial charge in [-0.3, -0.25) is 9.59 Å². The van der Waals surface area contributed by atoms with Crippen molar-refractivity contribution >= 4 is 29.1 Å². The fraction of sp³-hybridized carbons (Fsp3) is 0.800. The molecule has 0 aromatic heterocycles. The highest BCUT2D eigenvalue weighted by Crippen LogP contribution is 2.19. The number of aliphatic hydroxyl groups is 1. The lowest BCUT2D eigenvalue weighted by atomic mass is 9.88. The first-order valence-electron chi connectivity index (χ1n) is 4.59. The summed E-state index contributed by atoms with van der Waals surface area (Å²) in [5.41, 5.74) is -1.38. The highest BCUT2D eigenvalue weighted by Gasteiger charge is 2.38. The van der Waals surface area contributed by atoms with E-state index in [4.69, 9.17) is 4.74 Å². The molecule has 1 atom stereocenters. The van der Waals surface area contributed by atoms with Crippen molar-refractivity contribution < 1.29 is 19.4 Å². The molecule has 0 bridgehead atoms. The van der Waals surface area contributed by atoms with Gasteiger partial charge in [0.25, 0.3) is 0 Å². The average molecular weight is 232 g/mol. The van der Waals surface area contributed by atoms with Crippen molar-refractivity contribution in [2.24, 2.45) is 5.92 Å². The molecule has 1 unspecified atom stereocenters. The maximum Gasteiger partial charge on any atom is 0.319 e. The van der Waals surface area contributed by atoms with Gasteiger partial charge >= 0.3 is 5.97 Å². The molecule has 0 saturated heterocycles. The second-order valence-corrected chi connectivity index (χ2v) is 4.18. The number of ether oxygens (including phenoxy) is 1. The summed E-state index contributed by atoms with van der Waals surface area (Å²) in [7, 11) is 0. The van der Waals surface area contributed by atoms with Gasteiger partial charge in [-0.15, -0.1) is 0 Å². The van der Waals surface area contributed by atoms with Crippen LogP contribution in [0.5, 0.6) is 0 Å². The Morgan fingerprint density at radius 2 is 1.67 bits per heavy atom. The quantitative estimate of drug-likeness (QED) is 0.412. The first-order valence-corrected chi connectivity index (χ1v) is 4.59. The molecule has 0 aliphatic heterocycles. The van der Waals surface area contributed by atoms with Crippen molar-refractivity contribution in [2.75, 3.05) is 0 Å². The lowest BCUT2D eigenvalue weighted by Gasteiger charge is -2.25. The zero-order valence-corrected chi connectivity index (χ0v) is 9.33. The third-order valence-electron chi connectivity index (χ3n) is 1.70. The van der Waals surface area contributed by atoms with Crippen LogP contribution in [-0.2, 0) is 14.3 Å². The maximum atomic E-state index is 11.4. The van der Waals surface area contributed by atoms with Gasteiger partial charge in [-0.2, -0.15) is 0 Å². The lowest BCUT2D eigenvalue weighted by molar-refractivity contribution is -0.163. The molecule has 0 aromatic rings. The van der Waals surface area contributed by atoms with Gasteiger partial charge in [-0.25, -0.2) is 0 Å². The molecule has 0 radical (unpaired) electrons. The molecule has 0 heterocycles. The van der Waals surface area contributed by atoms with Crippen LogP contribution >= 0.6 is 0 Å². The Morgan fingerprint density at radius 3 is 1.87 bits per heavy atom. The van der Waals surface area contributed by atoms with Crippen molar-refractivity contribution in [3.63, 3.8) is 0 Å². The van der Waals surface area contributed by atoms with Gasteiger partial charge in [-0.1, -0.05) is 0 Å². The number of Topliss-reactive ketones (excluding diaryl/α,β-unsaturated/α-hetero) is 1. The number of carbonyl (C=O) groups excluding carboxylic acids is 2. The Bertz CT molecular complexity index is 230. The summed E-state index contributed by atoms with van der Waals surface area (Å²) in [6.07, 6.45) is -0.285. The Balaban J connectivity index is 0. The zero-order chi connectivity index (χ0) is 11.5. The second-order valence-electron chi connectivity index (χ2n) is 4.18. The number of esters is 1. The Labute approximate surface area is 101 Å². The number of hydrogen-bond acceptors (Lipinski definition) is 4. The first kappa shape index (κ1) is 17.0. The van der Waals surface area contributed by atoms with E-state index in [1.54, 1.807) is 13.8 Å². The Morgan fingerprint density at radius 1 is 1.27 bits per heavy atom. The molecule has 1 N–H and O–H groups in total. The molecule has 0 amide bonds. The average Bonchev–Trinajstić information content (AvgIpc) is 1.78. The number of carbonyl (C=O) groups is 2. The molecule has 0 saturated carbocycles. The predicted octanol–water partition coefficient (Wildman–Crippen LogP) is -0.270. The SMILES string of the molecule is CC(=O)C(C(=O)OC(C)C)C(C)(C)O.[AlH3]. The van der Waals surface area contributed by atoms with Gasteiger partial charge in [0.15, 0.2) is 17.4 Å². The number of ketones is 1. The van der Waals surface area contributed by atoms with E-state index in [0.29, 0.717) is 0 Å². The van der Waals surface area contributed by atoms with E-state index in [9.17, 15) is 14.7 Å². The van der Waals surface area contributed by atoms with Crippen LogP contribution in [0.25, 0.3) is 0 Å². The zero-order valence-electron chi connectivity index (χ0n) is 9.33. The van der Waals surface area contributed by atoms with Crippen LogP contribution in [0.4, 0.5) is 0 Å². The topological polar surface area (TPSA) is 63.6 Å². The van der Waals surface area contributed by atoms with Gasteiger partial charge in [0, 0.05) is 0 Å². The van der Waals surface area contributed by atoms with Crippen molar-refractivity contribution in [3.05, 3.63) is 0 Å². The van der Waals surface area contributed by atoms with E-state index < -0.39 is 17.5 Å². The molecule has 0 aromatic carbocycles. The molecule has 4 nitrogen and oxygen atoms in total. The van der Waals surface area contributed by atoms with Gasteiger partial charge < -0.3 is 9.84 Å². The number of rotatable bonds is 4. The Hall–Kier alpha value is -0.368. The monoisotopic (exact) mass is 232 g/mol. The smallest absolute Gasteiger partial charge is 0.319 e. The van der Waals surface area contributed by atoms with Gasteiger partial charge in [0.05, 0.1) is 11.7 Å². The summed E-state index contributed by atoms with van der Waals surface area (Å²) in [5.74, 6) is -2.16. The molecular formula is C10H21AlO4. The highest BCUT2D eigenvalue weighted by atomic mass is 27.0. The van der Waals surface area contributed by atoms with Crippen molar-refractivity contribution in [1.29, 1.82) is 0 Å². The normalized spacial score (nSPS) is 13.0. The molecule has 0 rings (SSSR count). The molecule has 0 aliphatic rings. The minimum Gasteiger partial charge on any atom is -0.462 e. The van der Waals surface area contributed by atoms with Crippen LogP contribution in [0, 0.1) is 5.92 Å². The highest BCUT2D eigenvalue weighted by molar-refractivity contribution is 5.99. The van der Waals surface area contributed by atoms with Crippen LogP contribution < -0.4 is 0 Å². The summed E-state index contributed by atoms with van der Waals surface area (Å²) < 4.78 is 4.88. The van der Waals surface area contributed by atoms with E-state index in [1.807, 2.05) is 0 Å². The standard InChI is InChI=1S/C10H18O4.Al.3H/c1-6(2)14-9(12)8(7(3)11)10(4,5)13;;;;/h6,8,13H,1-5H3;;;;. The van der Waals surface area contributed by atoms with Crippen molar-refractivity contribution in [3.8, 4) is 0 Å². The summed E-state index contributed by atoms with van der Waals surface area (Å²) in [6.45, 7) is 7.49. The second kappa shape index (κ2) is 6.27. The minimum absolute atomic E-state index is 0. The van der Waals surface area contributed by atoms with Crippen LogP contribution in [0.3, 0.4) is 0 Å². The van der Waals surface area contributed by atoms with Crippen LogP contribution in [0.1, 0.15) is 34.6 Å². The first-order chi connectivity index (χ1) is 6.16. The molecule has 0 fully saturated rings. The predicted molar refractivity (Wildman–Crippen MR) is 61.6 cm³/mol. The van der Waals surface area contributed by atoms with Crippen LogP contribution in [-0.4, -0.2) is 45.9 Å². The Kier molecular flexibility index (Phi) is 7.12. The number of hydrogen-bond donors (Lipinski definition) is 1. The van der Waals surface area contributed by atoms with Crippen molar-refractivity contribution in [1.82, 2.24) is 0 Å². The van der Waals surface area contributed by atoms with Gasteiger partial charge in [0.1, 0.15) is 11.7 Å². The van der Waals surface area contributed by atoms with E-state index in [1.165, 1.54) is 20.8 Å². The summed E-state index contributed by atoms with van der Waals surface area (Å²) in [5, 5.41) is 9.61. The molecular weight excluding hydrogens is 211 g/mol.